The Morgan fingerprint density at radius 1 is 1.19 bits per heavy atom. The van der Waals surface area contributed by atoms with E-state index in [0.29, 0.717) is 36.6 Å². The van der Waals surface area contributed by atoms with Gasteiger partial charge in [-0.3, -0.25) is 9.69 Å². The Kier molecular flexibility index (Phi) is 4.37. The van der Waals surface area contributed by atoms with Crippen LogP contribution in [0.4, 0.5) is 13.2 Å². The quantitative estimate of drug-likeness (QED) is 0.711. The lowest BCUT2D eigenvalue weighted by molar-refractivity contribution is 0.236. The highest BCUT2D eigenvalue weighted by molar-refractivity contribution is 7.13. The highest BCUT2D eigenvalue weighted by atomic mass is 32.1. The average molecular weight is 377 g/mol. The maximum atomic E-state index is 13.9. The van der Waals surface area contributed by atoms with Crippen LogP contribution in [-0.2, 0) is 19.5 Å². The minimum Gasteiger partial charge on any atom is -0.306 e. The molecule has 0 bridgehead atoms. The van der Waals surface area contributed by atoms with Gasteiger partial charge in [0.15, 0.2) is 23.3 Å². The lowest BCUT2D eigenvalue weighted by atomic mass is 10.1. The smallest absolute Gasteiger partial charge is 0.254 e. The number of halogens is 3. The first-order chi connectivity index (χ1) is 12.5. The second-order valence-corrected chi connectivity index (χ2v) is 7.06. The second kappa shape index (κ2) is 6.69. The van der Waals surface area contributed by atoms with Crippen LogP contribution in [0.25, 0.3) is 10.7 Å². The van der Waals surface area contributed by atoms with E-state index in [2.05, 4.69) is 9.97 Å². The normalized spacial score (nSPS) is 14.4. The molecule has 0 atom stereocenters. The summed E-state index contributed by atoms with van der Waals surface area (Å²) in [6.45, 7) is 0.968. The fourth-order valence-corrected chi connectivity index (χ4v) is 3.76. The summed E-state index contributed by atoms with van der Waals surface area (Å²) in [6, 6.07) is 5.90. The first-order valence-electron chi connectivity index (χ1n) is 8.03. The summed E-state index contributed by atoms with van der Waals surface area (Å²) in [5.41, 5.74) is 1.16. The van der Waals surface area contributed by atoms with Crippen molar-refractivity contribution in [2.75, 3.05) is 6.54 Å². The molecule has 134 valence electrons. The van der Waals surface area contributed by atoms with Crippen molar-refractivity contribution < 1.29 is 13.2 Å². The van der Waals surface area contributed by atoms with Crippen molar-refractivity contribution in [1.82, 2.24) is 14.9 Å². The third-order valence-corrected chi connectivity index (χ3v) is 5.29. The van der Waals surface area contributed by atoms with Crippen molar-refractivity contribution in [3.8, 4) is 10.7 Å². The summed E-state index contributed by atoms with van der Waals surface area (Å²) in [6.07, 6.45) is 0.466. The zero-order valence-electron chi connectivity index (χ0n) is 13.6. The monoisotopic (exact) mass is 377 g/mol. The molecule has 0 aliphatic carbocycles. The van der Waals surface area contributed by atoms with Gasteiger partial charge in [0, 0.05) is 30.8 Å². The molecule has 4 nitrogen and oxygen atoms in total. The molecule has 0 radical (unpaired) electrons. The van der Waals surface area contributed by atoms with Crippen LogP contribution in [0.2, 0.25) is 0 Å². The van der Waals surface area contributed by atoms with Gasteiger partial charge in [0.05, 0.1) is 10.6 Å². The number of thiophene rings is 1. The molecule has 8 heteroatoms. The summed E-state index contributed by atoms with van der Waals surface area (Å²) in [5.74, 6) is -3.34. The number of benzene rings is 1. The summed E-state index contributed by atoms with van der Waals surface area (Å²) in [5, 5.41) is 1.90. The number of nitrogens with one attached hydrogen (secondary N) is 1. The Morgan fingerprint density at radius 2 is 2.04 bits per heavy atom. The van der Waals surface area contributed by atoms with Crippen LogP contribution in [0.15, 0.2) is 34.4 Å². The lowest BCUT2D eigenvalue weighted by Crippen LogP contribution is -2.35. The van der Waals surface area contributed by atoms with E-state index in [1.54, 1.807) is 0 Å². The predicted molar refractivity (Wildman–Crippen MR) is 92.3 cm³/mol. The molecule has 3 aromatic rings. The van der Waals surface area contributed by atoms with Gasteiger partial charge >= 0.3 is 0 Å². The van der Waals surface area contributed by atoms with E-state index in [9.17, 15) is 18.0 Å². The lowest BCUT2D eigenvalue weighted by Gasteiger charge is -2.27. The van der Waals surface area contributed by atoms with E-state index in [4.69, 9.17) is 0 Å². The highest BCUT2D eigenvalue weighted by Gasteiger charge is 2.23. The number of fused-ring (bicyclic) bond motifs is 1. The van der Waals surface area contributed by atoms with Gasteiger partial charge in [0.25, 0.3) is 5.56 Å². The van der Waals surface area contributed by atoms with Crippen molar-refractivity contribution in [3.63, 3.8) is 0 Å². The second-order valence-electron chi connectivity index (χ2n) is 6.11. The molecule has 0 saturated carbocycles. The Morgan fingerprint density at radius 3 is 2.81 bits per heavy atom. The van der Waals surface area contributed by atoms with Crippen LogP contribution < -0.4 is 5.56 Å². The fraction of sp³-hybridized carbons (Fsp3) is 0.222. The molecule has 0 fully saturated rings. The Bertz CT molecular complexity index is 1020. The van der Waals surface area contributed by atoms with Gasteiger partial charge in [-0.05, 0) is 23.9 Å². The molecule has 1 aliphatic heterocycles. The fourth-order valence-electron chi connectivity index (χ4n) is 3.09. The van der Waals surface area contributed by atoms with Gasteiger partial charge < -0.3 is 4.98 Å². The summed E-state index contributed by atoms with van der Waals surface area (Å²) >= 11 is 1.47. The van der Waals surface area contributed by atoms with E-state index in [1.807, 2.05) is 22.4 Å². The molecule has 0 spiro atoms. The molecule has 1 aromatic carbocycles. The third-order valence-electron chi connectivity index (χ3n) is 4.42. The molecular formula is C18H14F3N3OS. The number of H-pyrrole nitrogens is 1. The number of nitrogens with zero attached hydrogens (tertiary/aromatic N) is 2. The maximum absolute atomic E-state index is 13.9. The number of hydrogen-bond acceptors (Lipinski definition) is 4. The van der Waals surface area contributed by atoms with Crippen molar-refractivity contribution in [3.05, 3.63) is 74.3 Å². The SMILES string of the molecule is O=c1[nH]c(-c2cccs2)nc2c1CCN(Cc1ccc(F)c(F)c1F)C2. The van der Waals surface area contributed by atoms with Gasteiger partial charge in [-0.15, -0.1) is 11.3 Å². The molecule has 26 heavy (non-hydrogen) atoms. The molecule has 3 heterocycles. The molecular weight excluding hydrogens is 363 g/mol. The van der Waals surface area contributed by atoms with Crippen molar-refractivity contribution >= 4 is 11.3 Å². The zero-order valence-corrected chi connectivity index (χ0v) is 14.4. The average Bonchev–Trinajstić information content (AvgIpc) is 3.17. The molecule has 2 aromatic heterocycles. The van der Waals surface area contributed by atoms with E-state index >= 15 is 0 Å². The standard InChI is InChI=1S/C18H14F3N3OS/c19-12-4-3-10(15(20)16(12)21)8-24-6-5-11-13(9-24)22-17(23-18(11)25)14-2-1-7-26-14/h1-4,7H,5-6,8-9H2,(H,22,23,25). The van der Waals surface area contributed by atoms with E-state index < -0.39 is 17.5 Å². The molecule has 1 N–H and O–H groups in total. The highest BCUT2D eigenvalue weighted by Crippen LogP contribution is 2.24. The van der Waals surface area contributed by atoms with Crippen LogP contribution in [0.3, 0.4) is 0 Å². The minimum atomic E-state index is -1.46. The van der Waals surface area contributed by atoms with E-state index in [1.165, 1.54) is 17.4 Å². The van der Waals surface area contributed by atoms with Crippen molar-refractivity contribution in [2.24, 2.45) is 0 Å². The number of rotatable bonds is 3. The van der Waals surface area contributed by atoms with Crippen LogP contribution in [-0.4, -0.2) is 21.4 Å². The number of hydrogen-bond donors (Lipinski definition) is 1. The van der Waals surface area contributed by atoms with E-state index in [-0.39, 0.29) is 17.7 Å². The Balaban J connectivity index is 1.61. The summed E-state index contributed by atoms with van der Waals surface area (Å²) < 4.78 is 40.4. The Hall–Kier alpha value is -2.45. The Labute approximate surface area is 150 Å². The van der Waals surface area contributed by atoms with Gasteiger partial charge in [-0.2, -0.15) is 0 Å². The van der Waals surface area contributed by atoms with Crippen LogP contribution in [0.5, 0.6) is 0 Å². The van der Waals surface area contributed by atoms with Crippen molar-refractivity contribution in [2.45, 2.75) is 19.5 Å². The van der Waals surface area contributed by atoms with E-state index in [0.717, 1.165) is 10.9 Å². The predicted octanol–water partition coefficient (Wildman–Crippen LogP) is 3.47. The molecule has 0 unspecified atom stereocenters. The summed E-state index contributed by atoms with van der Waals surface area (Å²) in [7, 11) is 0. The number of aromatic amines is 1. The number of aromatic nitrogens is 2. The maximum Gasteiger partial charge on any atom is 0.254 e. The van der Waals surface area contributed by atoms with Gasteiger partial charge in [-0.25, -0.2) is 18.2 Å². The van der Waals surface area contributed by atoms with Crippen LogP contribution in [0, 0.1) is 17.5 Å². The minimum absolute atomic E-state index is 0.0793. The van der Waals surface area contributed by atoms with Gasteiger partial charge in [0.2, 0.25) is 0 Å². The third kappa shape index (κ3) is 3.06. The van der Waals surface area contributed by atoms with Gasteiger partial charge in [0.1, 0.15) is 0 Å². The first-order valence-corrected chi connectivity index (χ1v) is 8.91. The van der Waals surface area contributed by atoms with Gasteiger partial charge in [-0.1, -0.05) is 12.1 Å². The summed E-state index contributed by atoms with van der Waals surface area (Å²) in [4.78, 5) is 22.4. The topological polar surface area (TPSA) is 49.0 Å². The molecule has 0 amide bonds. The van der Waals surface area contributed by atoms with Crippen molar-refractivity contribution in [1.29, 1.82) is 0 Å². The first kappa shape index (κ1) is 17.0. The largest absolute Gasteiger partial charge is 0.306 e. The molecule has 0 saturated heterocycles. The zero-order chi connectivity index (χ0) is 18.3. The molecule has 1 aliphatic rings. The van der Waals surface area contributed by atoms with Crippen LogP contribution >= 0.6 is 11.3 Å². The van der Waals surface area contributed by atoms with Crippen LogP contribution in [0.1, 0.15) is 16.8 Å². The molecule has 4 rings (SSSR count).